The number of rotatable bonds is 6. The first kappa shape index (κ1) is 23.3. The number of nitriles is 1. The van der Waals surface area contributed by atoms with Gasteiger partial charge in [0.25, 0.3) is 11.5 Å². The van der Waals surface area contributed by atoms with E-state index in [0.717, 1.165) is 29.7 Å². The molecule has 7 heteroatoms. The number of carbonyl (C=O) groups is 2. The van der Waals surface area contributed by atoms with Crippen molar-refractivity contribution >= 4 is 11.8 Å². The minimum absolute atomic E-state index is 0.0520. The Morgan fingerprint density at radius 3 is 2.41 bits per heavy atom. The lowest BCUT2D eigenvalue weighted by molar-refractivity contribution is -0.126. The van der Waals surface area contributed by atoms with E-state index in [-0.39, 0.29) is 23.9 Å². The molecular formula is C25H30N4O3. The Kier molecular flexibility index (Phi) is 6.83. The molecule has 1 fully saturated rings. The van der Waals surface area contributed by atoms with Crippen molar-refractivity contribution in [2.45, 2.75) is 65.3 Å². The molecule has 1 aliphatic rings. The Bertz CT molecular complexity index is 1150. The predicted octanol–water partition coefficient (Wildman–Crippen LogP) is 3.05. The van der Waals surface area contributed by atoms with Gasteiger partial charge in [-0.1, -0.05) is 12.8 Å². The molecule has 0 aliphatic heterocycles. The van der Waals surface area contributed by atoms with Crippen LogP contribution in [0.3, 0.4) is 0 Å². The quantitative estimate of drug-likeness (QED) is 0.648. The first-order valence-electron chi connectivity index (χ1n) is 11.0. The van der Waals surface area contributed by atoms with Crippen molar-refractivity contribution < 1.29 is 9.59 Å². The molecule has 32 heavy (non-hydrogen) atoms. The number of nitrogens with zero attached hydrogens (tertiary/aromatic N) is 1. The van der Waals surface area contributed by atoms with Crippen LogP contribution in [0.25, 0.3) is 0 Å². The van der Waals surface area contributed by atoms with Gasteiger partial charge >= 0.3 is 0 Å². The second kappa shape index (κ2) is 9.39. The van der Waals surface area contributed by atoms with Gasteiger partial charge in [-0.3, -0.25) is 14.4 Å². The van der Waals surface area contributed by atoms with Crippen LogP contribution in [0.4, 0.5) is 0 Å². The average Bonchev–Trinajstić information content (AvgIpc) is 3.24. The number of aromatic amines is 1. The summed E-state index contributed by atoms with van der Waals surface area (Å²) in [5.41, 5.74) is 3.24. The van der Waals surface area contributed by atoms with Gasteiger partial charge in [-0.2, -0.15) is 5.26 Å². The van der Waals surface area contributed by atoms with E-state index in [1.165, 1.54) is 0 Å². The fourth-order valence-corrected chi connectivity index (χ4v) is 4.80. The molecule has 3 rings (SSSR count). The summed E-state index contributed by atoms with van der Waals surface area (Å²) >= 11 is 0. The zero-order chi connectivity index (χ0) is 23.5. The molecule has 168 valence electrons. The molecule has 1 aromatic carbocycles. The minimum Gasteiger partial charge on any atom is -0.356 e. The number of aryl methyl sites for hydroxylation is 2. The zero-order valence-electron chi connectivity index (χ0n) is 19.1. The Labute approximate surface area is 188 Å². The Hall–Kier alpha value is -3.40. The maximum atomic E-state index is 13.1. The van der Waals surface area contributed by atoms with Crippen molar-refractivity contribution in [1.82, 2.24) is 15.6 Å². The molecule has 2 amide bonds. The van der Waals surface area contributed by atoms with E-state index < -0.39 is 5.41 Å². The number of hydrogen-bond acceptors (Lipinski definition) is 4. The molecule has 0 radical (unpaired) electrons. The number of carbonyl (C=O) groups excluding carboxylic acids is 2. The molecule has 1 heterocycles. The Morgan fingerprint density at radius 1 is 1.12 bits per heavy atom. The maximum Gasteiger partial charge on any atom is 0.253 e. The average molecular weight is 435 g/mol. The second-order valence-electron chi connectivity index (χ2n) is 8.58. The van der Waals surface area contributed by atoms with Crippen molar-refractivity contribution in [3.63, 3.8) is 0 Å². The van der Waals surface area contributed by atoms with Crippen molar-refractivity contribution in [3.8, 4) is 6.07 Å². The van der Waals surface area contributed by atoms with Gasteiger partial charge in [-0.25, -0.2) is 0 Å². The lowest BCUT2D eigenvalue weighted by Gasteiger charge is -2.30. The van der Waals surface area contributed by atoms with Crippen molar-refractivity contribution in [2.75, 3.05) is 6.54 Å². The van der Waals surface area contributed by atoms with Crippen molar-refractivity contribution in [2.24, 2.45) is 0 Å². The highest BCUT2D eigenvalue weighted by Gasteiger charge is 2.44. The van der Waals surface area contributed by atoms with Gasteiger partial charge in [-0.15, -0.1) is 0 Å². The van der Waals surface area contributed by atoms with Crippen LogP contribution in [-0.4, -0.2) is 23.3 Å². The molecule has 0 bridgehead atoms. The number of amides is 2. The molecule has 0 atom stereocenters. The summed E-state index contributed by atoms with van der Waals surface area (Å²) in [6, 6.07) is 7.30. The van der Waals surface area contributed by atoms with Crippen LogP contribution in [0.2, 0.25) is 0 Å². The zero-order valence-corrected chi connectivity index (χ0v) is 19.1. The summed E-state index contributed by atoms with van der Waals surface area (Å²) in [4.78, 5) is 41.3. The third kappa shape index (κ3) is 4.31. The smallest absolute Gasteiger partial charge is 0.253 e. The van der Waals surface area contributed by atoms with Gasteiger partial charge in [0, 0.05) is 29.9 Å². The summed E-state index contributed by atoms with van der Waals surface area (Å²) in [6.45, 7) is 7.95. The van der Waals surface area contributed by atoms with Crippen LogP contribution >= 0.6 is 0 Å². The largest absolute Gasteiger partial charge is 0.356 e. The van der Waals surface area contributed by atoms with Gasteiger partial charge in [-0.05, 0) is 75.4 Å². The summed E-state index contributed by atoms with van der Waals surface area (Å²) in [6.07, 6.45) is 3.22. The van der Waals surface area contributed by atoms with E-state index >= 15 is 0 Å². The van der Waals surface area contributed by atoms with Crippen LogP contribution in [0.15, 0.2) is 23.0 Å². The van der Waals surface area contributed by atoms with E-state index in [0.29, 0.717) is 41.6 Å². The van der Waals surface area contributed by atoms with Crippen molar-refractivity contribution in [3.05, 3.63) is 67.6 Å². The number of benzene rings is 1. The minimum atomic E-state index is -0.729. The number of aromatic nitrogens is 1. The predicted molar refractivity (Wildman–Crippen MR) is 122 cm³/mol. The molecule has 0 spiro atoms. The fourth-order valence-electron chi connectivity index (χ4n) is 4.80. The molecule has 3 N–H and O–H groups in total. The third-order valence-electron chi connectivity index (χ3n) is 6.45. The second-order valence-corrected chi connectivity index (χ2v) is 8.58. The summed E-state index contributed by atoms with van der Waals surface area (Å²) in [7, 11) is 0. The Morgan fingerprint density at radius 2 is 1.81 bits per heavy atom. The maximum absolute atomic E-state index is 13.1. The highest BCUT2D eigenvalue weighted by atomic mass is 16.2. The molecule has 0 unspecified atom stereocenters. The van der Waals surface area contributed by atoms with Gasteiger partial charge in [0.05, 0.1) is 17.0 Å². The topological polar surface area (TPSA) is 115 Å². The van der Waals surface area contributed by atoms with Crippen LogP contribution in [0, 0.1) is 32.1 Å². The summed E-state index contributed by atoms with van der Waals surface area (Å²) in [5, 5.41) is 15.4. The molecule has 1 aromatic heterocycles. The highest BCUT2D eigenvalue weighted by molar-refractivity contribution is 5.98. The number of pyridine rings is 1. The number of H-pyrrole nitrogens is 1. The van der Waals surface area contributed by atoms with Crippen LogP contribution in [0.1, 0.15) is 76.5 Å². The normalized spacial score (nSPS) is 14.6. The van der Waals surface area contributed by atoms with E-state index in [2.05, 4.69) is 21.7 Å². The molecule has 7 nitrogen and oxygen atoms in total. The highest BCUT2D eigenvalue weighted by Crippen LogP contribution is 2.43. The monoisotopic (exact) mass is 434 g/mol. The van der Waals surface area contributed by atoms with Gasteiger partial charge in [0.1, 0.15) is 0 Å². The van der Waals surface area contributed by atoms with E-state index in [9.17, 15) is 19.6 Å². The molecule has 0 saturated heterocycles. The molecule has 2 aromatic rings. The van der Waals surface area contributed by atoms with Crippen LogP contribution < -0.4 is 16.2 Å². The molecule has 1 saturated carbocycles. The van der Waals surface area contributed by atoms with E-state index in [1.54, 1.807) is 12.1 Å². The SMILES string of the molecule is CCNC(=O)C1(c2cc(C#N)cc(C(=O)NCc3c(C)cc(C)[nH]c3=O)c2C)CCCC1. The number of nitrogens with one attached hydrogen (secondary N) is 3. The van der Waals surface area contributed by atoms with Crippen LogP contribution in [0.5, 0.6) is 0 Å². The first-order valence-corrected chi connectivity index (χ1v) is 11.0. The Balaban J connectivity index is 1.99. The van der Waals surface area contributed by atoms with Crippen LogP contribution in [-0.2, 0) is 16.8 Å². The molecule has 1 aliphatic carbocycles. The number of hydrogen-bond donors (Lipinski definition) is 3. The molecular weight excluding hydrogens is 404 g/mol. The first-order chi connectivity index (χ1) is 15.2. The fraction of sp³-hybridized carbons (Fsp3) is 0.440. The van der Waals surface area contributed by atoms with Gasteiger partial charge < -0.3 is 15.6 Å². The number of likely N-dealkylation sites (N-methyl/N-ethyl adjacent to an activating group) is 1. The lowest BCUT2D eigenvalue weighted by Crippen LogP contribution is -2.43. The van der Waals surface area contributed by atoms with Gasteiger partial charge in [0.15, 0.2) is 0 Å². The van der Waals surface area contributed by atoms with E-state index in [4.69, 9.17) is 0 Å². The summed E-state index contributed by atoms with van der Waals surface area (Å²) < 4.78 is 0. The third-order valence-corrected chi connectivity index (χ3v) is 6.45. The van der Waals surface area contributed by atoms with Gasteiger partial charge in [0.2, 0.25) is 5.91 Å². The van der Waals surface area contributed by atoms with Crippen molar-refractivity contribution in [1.29, 1.82) is 5.26 Å². The standard InChI is InChI=1S/C25H30N4O3/c1-5-27-24(32)25(8-6-7-9-25)21-12-18(13-26)11-19(17(21)4)22(30)28-14-20-15(2)10-16(3)29-23(20)31/h10-12H,5-9,14H2,1-4H3,(H,27,32)(H,28,30)(H,29,31). The summed E-state index contributed by atoms with van der Waals surface area (Å²) in [5.74, 6) is -0.423. The van der Waals surface area contributed by atoms with E-state index in [1.807, 2.05) is 33.8 Å². The lowest BCUT2D eigenvalue weighted by atomic mass is 9.74.